The highest BCUT2D eigenvalue weighted by molar-refractivity contribution is 7.85. The maximum absolute atomic E-state index is 11.8. The summed E-state index contributed by atoms with van der Waals surface area (Å²) in [6.07, 6.45) is -3.31. The molecule has 0 amide bonds. The SMILES string of the molecule is NCc1ccc(N=Cc2c(O)[nH]c(=O)c3ccccc23)cc1.O=S(=O)(O)CC(F)(F)F. The van der Waals surface area contributed by atoms with Crippen LogP contribution in [0.2, 0.25) is 0 Å². The number of nitrogens with one attached hydrogen (secondary N) is 1. The number of aromatic hydroxyl groups is 1. The smallest absolute Gasteiger partial charge is 0.405 e. The molecule has 5 N–H and O–H groups in total. The zero-order valence-corrected chi connectivity index (χ0v) is 16.6. The molecule has 0 spiro atoms. The van der Waals surface area contributed by atoms with E-state index in [2.05, 4.69) is 9.98 Å². The van der Waals surface area contributed by atoms with Gasteiger partial charge in [0.25, 0.3) is 15.7 Å². The summed E-state index contributed by atoms with van der Waals surface area (Å²) in [5, 5.41) is 11.2. The van der Waals surface area contributed by atoms with Crippen molar-refractivity contribution in [2.24, 2.45) is 10.7 Å². The summed E-state index contributed by atoms with van der Waals surface area (Å²) in [5.74, 6) is -2.37. The zero-order chi connectivity index (χ0) is 23.2. The summed E-state index contributed by atoms with van der Waals surface area (Å²) < 4.78 is 59.6. The monoisotopic (exact) mass is 457 g/mol. The number of hydrogen-bond acceptors (Lipinski definition) is 6. The molecule has 3 aromatic rings. The van der Waals surface area contributed by atoms with Crippen LogP contribution in [-0.2, 0) is 16.7 Å². The van der Waals surface area contributed by atoms with Crippen molar-refractivity contribution >= 4 is 32.8 Å². The van der Waals surface area contributed by atoms with Gasteiger partial charge in [-0.05, 0) is 23.8 Å². The maximum atomic E-state index is 11.8. The number of halogens is 3. The van der Waals surface area contributed by atoms with Gasteiger partial charge in [-0.25, -0.2) is 0 Å². The second kappa shape index (κ2) is 9.73. The molecule has 0 saturated carbocycles. The number of rotatable bonds is 4. The average molecular weight is 457 g/mol. The maximum Gasteiger partial charge on any atom is 0.405 e. The number of nitrogens with zero attached hydrogens (tertiary/aromatic N) is 1. The molecular weight excluding hydrogens is 439 g/mol. The molecule has 1 heterocycles. The number of hydrogen-bond donors (Lipinski definition) is 4. The highest BCUT2D eigenvalue weighted by Gasteiger charge is 2.33. The number of benzene rings is 2. The van der Waals surface area contributed by atoms with Crippen LogP contribution in [0.1, 0.15) is 11.1 Å². The van der Waals surface area contributed by atoms with Gasteiger partial charge >= 0.3 is 6.18 Å². The Hall–Kier alpha value is -3.22. The van der Waals surface area contributed by atoms with Crippen molar-refractivity contribution in [3.05, 3.63) is 70.0 Å². The van der Waals surface area contributed by atoms with Crippen LogP contribution in [0, 0.1) is 0 Å². The van der Waals surface area contributed by atoms with Crippen molar-refractivity contribution in [1.29, 1.82) is 0 Å². The van der Waals surface area contributed by atoms with E-state index in [1.54, 1.807) is 24.4 Å². The van der Waals surface area contributed by atoms with Crippen LogP contribution in [0.15, 0.2) is 58.3 Å². The quantitative estimate of drug-likeness (QED) is 0.350. The van der Waals surface area contributed by atoms with Crippen LogP contribution in [0.4, 0.5) is 18.9 Å². The van der Waals surface area contributed by atoms with E-state index >= 15 is 0 Å². The zero-order valence-electron chi connectivity index (χ0n) is 15.8. The van der Waals surface area contributed by atoms with Gasteiger partial charge in [-0.3, -0.25) is 19.3 Å². The van der Waals surface area contributed by atoms with E-state index in [0.717, 1.165) is 11.3 Å². The van der Waals surface area contributed by atoms with Gasteiger partial charge in [-0.1, -0.05) is 30.3 Å². The second-order valence-corrected chi connectivity index (χ2v) is 7.68. The predicted molar refractivity (Wildman–Crippen MR) is 110 cm³/mol. The molecule has 0 radical (unpaired) electrons. The molecule has 1 aromatic heterocycles. The molecule has 0 aliphatic carbocycles. The summed E-state index contributed by atoms with van der Waals surface area (Å²) in [5.41, 5.74) is 7.49. The van der Waals surface area contributed by atoms with Gasteiger partial charge in [-0.2, -0.15) is 21.6 Å². The second-order valence-electron chi connectivity index (χ2n) is 6.23. The fourth-order valence-corrected chi connectivity index (χ4v) is 2.89. The van der Waals surface area contributed by atoms with Crippen LogP contribution in [0.5, 0.6) is 5.88 Å². The van der Waals surface area contributed by atoms with E-state index in [9.17, 15) is 31.5 Å². The standard InChI is InChI=1S/C17H15N3O2.C2H3F3O3S/c18-9-11-5-7-12(8-6-11)19-10-15-13-3-1-2-4-14(13)16(21)20-17(15)22;3-2(4,5)1-9(6,7)8/h1-8,10H,9,18H2,(H2,20,21,22);1H2,(H,6,7,8). The minimum Gasteiger partial charge on any atom is -0.494 e. The van der Waals surface area contributed by atoms with Crippen molar-refractivity contribution in [3.8, 4) is 5.88 Å². The van der Waals surface area contributed by atoms with E-state index in [1.165, 1.54) is 0 Å². The first-order valence-corrected chi connectivity index (χ1v) is 10.2. The molecule has 0 aliphatic heterocycles. The van der Waals surface area contributed by atoms with Crippen molar-refractivity contribution in [3.63, 3.8) is 0 Å². The Labute approximate surface area is 174 Å². The number of pyridine rings is 1. The van der Waals surface area contributed by atoms with E-state index in [0.29, 0.717) is 22.9 Å². The Bertz CT molecular complexity index is 1240. The summed E-state index contributed by atoms with van der Waals surface area (Å²) in [6, 6.07) is 14.6. The Morgan fingerprint density at radius 1 is 1.06 bits per heavy atom. The Kier molecular flexibility index (Phi) is 7.55. The van der Waals surface area contributed by atoms with Crippen LogP contribution < -0.4 is 11.3 Å². The number of H-pyrrole nitrogens is 1. The highest BCUT2D eigenvalue weighted by Crippen LogP contribution is 2.22. The van der Waals surface area contributed by atoms with Crippen molar-refractivity contribution < 1.29 is 31.2 Å². The number of aliphatic imine (C=N–C) groups is 1. The van der Waals surface area contributed by atoms with E-state index in [-0.39, 0.29) is 11.4 Å². The minimum atomic E-state index is -4.91. The fraction of sp³-hybridized carbons (Fsp3) is 0.158. The third kappa shape index (κ3) is 7.51. The highest BCUT2D eigenvalue weighted by atomic mass is 32.2. The van der Waals surface area contributed by atoms with E-state index < -0.39 is 22.0 Å². The topological polar surface area (TPSA) is 146 Å². The van der Waals surface area contributed by atoms with Gasteiger partial charge in [0.1, 0.15) is 0 Å². The Morgan fingerprint density at radius 2 is 1.65 bits per heavy atom. The van der Waals surface area contributed by atoms with Gasteiger partial charge in [-0.15, -0.1) is 0 Å². The Balaban J connectivity index is 0.000000323. The predicted octanol–water partition coefficient (Wildman–Crippen LogP) is 2.88. The molecule has 2 aromatic carbocycles. The van der Waals surface area contributed by atoms with Gasteiger partial charge in [0.15, 0.2) is 5.75 Å². The van der Waals surface area contributed by atoms with Gasteiger partial charge in [0.2, 0.25) is 5.88 Å². The lowest BCUT2D eigenvalue weighted by Crippen LogP contribution is -2.21. The van der Waals surface area contributed by atoms with Gasteiger partial charge in [0.05, 0.1) is 11.3 Å². The molecule has 0 bridgehead atoms. The molecule has 12 heteroatoms. The first kappa shape index (κ1) is 24.1. The number of nitrogens with two attached hydrogens (primary N) is 1. The largest absolute Gasteiger partial charge is 0.494 e. The molecule has 166 valence electrons. The molecule has 0 fully saturated rings. The lowest BCUT2D eigenvalue weighted by atomic mass is 10.1. The fourth-order valence-electron chi connectivity index (χ4n) is 2.48. The lowest BCUT2D eigenvalue weighted by Gasteiger charge is -2.04. The van der Waals surface area contributed by atoms with Crippen LogP contribution in [0.3, 0.4) is 0 Å². The summed E-state index contributed by atoms with van der Waals surface area (Å²) in [4.78, 5) is 18.6. The van der Waals surface area contributed by atoms with Crippen LogP contribution >= 0.6 is 0 Å². The first-order valence-electron chi connectivity index (χ1n) is 8.58. The summed E-state index contributed by atoms with van der Waals surface area (Å²) in [6.45, 7) is 0.481. The van der Waals surface area contributed by atoms with Gasteiger partial charge in [0, 0.05) is 23.5 Å². The molecule has 0 unspecified atom stereocenters. The van der Waals surface area contributed by atoms with E-state index in [4.69, 9.17) is 10.3 Å². The molecule has 0 aliphatic rings. The molecular formula is C19H18F3N3O5S. The Morgan fingerprint density at radius 3 is 2.13 bits per heavy atom. The molecule has 8 nitrogen and oxygen atoms in total. The number of aromatic amines is 1. The molecule has 3 rings (SSSR count). The normalized spacial score (nSPS) is 12.0. The third-order valence-electron chi connectivity index (χ3n) is 3.81. The van der Waals surface area contributed by atoms with Crippen molar-refractivity contribution in [1.82, 2.24) is 4.98 Å². The average Bonchev–Trinajstić information content (AvgIpc) is 2.66. The van der Waals surface area contributed by atoms with Crippen molar-refractivity contribution in [2.75, 3.05) is 5.75 Å². The number of aromatic nitrogens is 1. The third-order valence-corrected chi connectivity index (χ3v) is 4.50. The lowest BCUT2D eigenvalue weighted by molar-refractivity contribution is -0.107. The van der Waals surface area contributed by atoms with Crippen LogP contribution in [0.25, 0.3) is 10.8 Å². The minimum absolute atomic E-state index is 0.189. The number of fused-ring (bicyclic) bond motifs is 1. The molecule has 0 saturated heterocycles. The molecule has 31 heavy (non-hydrogen) atoms. The van der Waals surface area contributed by atoms with Crippen molar-refractivity contribution in [2.45, 2.75) is 12.7 Å². The molecule has 0 atom stereocenters. The summed E-state index contributed by atoms with van der Waals surface area (Å²) in [7, 11) is -4.91. The first-order chi connectivity index (χ1) is 14.4. The summed E-state index contributed by atoms with van der Waals surface area (Å²) >= 11 is 0. The van der Waals surface area contributed by atoms with Crippen LogP contribution in [-0.4, -0.2) is 41.2 Å². The van der Waals surface area contributed by atoms with E-state index in [1.807, 2.05) is 30.3 Å². The van der Waals surface area contributed by atoms with Gasteiger partial charge < -0.3 is 10.8 Å². The number of alkyl halides is 3.